The Morgan fingerprint density at radius 2 is 1.58 bits per heavy atom. The third-order valence-electron chi connectivity index (χ3n) is 3.45. The summed E-state index contributed by atoms with van der Waals surface area (Å²) in [6.07, 6.45) is 0.384. The van der Waals surface area contributed by atoms with Gasteiger partial charge in [0.15, 0.2) is 0 Å². The van der Waals surface area contributed by atoms with Crippen LogP contribution in [0.1, 0.15) is 30.9 Å². The number of halogens is 3. The SMILES string of the molecule is CCCCOC(=O)/C=C/c1ccc(Oc2ccc(C(F)(F)F)cc2)cc1. The smallest absolute Gasteiger partial charge is 0.416 e. The average molecular weight is 364 g/mol. The molecule has 2 aromatic carbocycles. The molecule has 0 N–H and O–H groups in total. The minimum absolute atomic E-state index is 0.306. The van der Waals surface area contributed by atoms with Gasteiger partial charge in [0.25, 0.3) is 0 Å². The lowest BCUT2D eigenvalue weighted by atomic mass is 10.2. The van der Waals surface area contributed by atoms with E-state index in [-0.39, 0.29) is 0 Å². The Kier molecular flexibility index (Phi) is 6.83. The summed E-state index contributed by atoms with van der Waals surface area (Å²) in [6, 6.07) is 11.3. The summed E-state index contributed by atoms with van der Waals surface area (Å²) in [5.74, 6) is 0.386. The third kappa shape index (κ3) is 6.27. The molecular weight excluding hydrogens is 345 g/mol. The van der Waals surface area contributed by atoms with Crippen LogP contribution < -0.4 is 4.74 Å². The molecule has 0 fully saturated rings. The largest absolute Gasteiger partial charge is 0.463 e. The Hall–Kier alpha value is -2.76. The van der Waals surface area contributed by atoms with E-state index in [1.54, 1.807) is 30.3 Å². The first-order valence-electron chi connectivity index (χ1n) is 8.18. The van der Waals surface area contributed by atoms with Crippen LogP contribution in [-0.2, 0) is 15.7 Å². The van der Waals surface area contributed by atoms with Crippen LogP contribution in [0.25, 0.3) is 6.08 Å². The molecule has 2 rings (SSSR count). The van der Waals surface area contributed by atoms with Crippen LogP contribution in [0.2, 0.25) is 0 Å². The number of benzene rings is 2. The molecule has 0 saturated heterocycles. The lowest BCUT2D eigenvalue weighted by molar-refractivity contribution is -0.138. The quantitative estimate of drug-likeness (QED) is 0.351. The highest BCUT2D eigenvalue weighted by atomic mass is 19.4. The van der Waals surface area contributed by atoms with Crippen molar-refractivity contribution in [2.45, 2.75) is 25.9 Å². The molecule has 138 valence electrons. The van der Waals surface area contributed by atoms with Gasteiger partial charge >= 0.3 is 12.1 Å². The van der Waals surface area contributed by atoms with Gasteiger partial charge in [0.1, 0.15) is 11.5 Å². The predicted molar refractivity (Wildman–Crippen MR) is 92.9 cm³/mol. The summed E-state index contributed by atoms with van der Waals surface area (Å²) in [7, 11) is 0. The van der Waals surface area contributed by atoms with E-state index in [2.05, 4.69) is 0 Å². The monoisotopic (exact) mass is 364 g/mol. The first-order chi connectivity index (χ1) is 12.4. The van der Waals surface area contributed by atoms with Gasteiger partial charge in [-0.2, -0.15) is 13.2 Å². The van der Waals surface area contributed by atoms with Gasteiger partial charge in [-0.25, -0.2) is 4.79 Å². The number of ether oxygens (including phenoxy) is 2. The van der Waals surface area contributed by atoms with E-state index in [0.29, 0.717) is 18.1 Å². The zero-order valence-electron chi connectivity index (χ0n) is 14.3. The van der Waals surface area contributed by atoms with Gasteiger partial charge < -0.3 is 9.47 Å². The van der Waals surface area contributed by atoms with E-state index < -0.39 is 17.7 Å². The van der Waals surface area contributed by atoms with Crippen molar-refractivity contribution in [1.29, 1.82) is 0 Å². The van der Waals surface area contributed by atoms with Gasteiger partial charge in [0.2, 0.25) is 0 Å². The van der Waals surface area contributed by atoms with Gasteiger partial charge in [-0.3, -0.25) is 0 Å². The zero-order chi connectivity index (χ0) is 19.0. The van der Waals surface area contributed by atoms with E-state index in [1.807, 2.05) is 6.92 Å². The van der Waals surface area contributed by atoms with Gasteiger partial charge in [0.05, 0.1) is 12.2 Å². The second-order valence-corrected chi connectivity index (χ2v) is 5.55. The summed E-state index contributed by atoms with van der Waals surface area (Å²) >= 11 is 0. The number of esters is 1. The number of carbonyl (C=O) groups is 1. The summed E-state index contributed by atoms with van der Waals surface area (Å²) in [5, 5.41) is 0. The molecule has 0 spiro atoms. The molecule has 0 aromatic heterocycles. The van der Waals surface area contributed by atoms with Gasteiger partial charge in [-0.1, -0.05) is 25.5 Å². The molecule has 0 saturated carbocycles. The Balaban J connectivity index is 1.92. The van der Waals surface area contributed by atoms with E-state index in [1.165, 1.54) is 18.2 Å². The molecule has 3 nitrogen and oxygen atoms in total. The van der Waals surface area contributed by atoms with Crippen molar-refractivity contribution < 1.29 is 27.4 Å². The summed E-state index contributed by atoms with van der Waals surface area (Å²) in [6.45, 7) is 2.41. The van der Waals surface area contributed by atoms with E-state index >= 15 is 0 Å². The molecule has 0 atom stereocenters. The third-order valence-corrected chi connectivity index (χ3v) is 3.45. The number of alkyl halides is 3. The summed E-state index contributed by atoms with van der Waals surface area (Å²) in [4.78, 5) is 11.5. The molecule has 0 aliphatic rings. The van der Waals surface area contributed by atoms with Crippen LogP contribution in [0.5, 0.6) is 11.5 Å². The second-order valence-electron chi connectivity index (χ2n) is 5.55. The number of carbonyl (C=O) groups excluding carboxylic acids is 1. The highest BCUT2D eigenvalue weighted by Gasteiger charge is 2.30. The van der Waals surface area contributed by atoms with Crippen molar-refractivity contribution in [2.24, 2.45) is 0 Å². The molecule has 0 aliphatic carbocycles. The Labute approximate surface area is 150 Å². The van der Waals surface area contributed by atoms with E-state index in [0.717, 1.165) is 30.5 Å². The van der Waals surface area contributed by atoms with Crippen molar-refractivity contribution in [3.05, 3.63) is 65.7 Å². The maximum absolute atomic E-state index is 12.5. The van der Waals surface area contributed by atoms with Crippen LogP contribution in [0.3, 0.4) is 0 Å². The molecule has 0 amide bonds. The van der Waals surface area contributed by atoms with Gasteiger partial charge in [-0.15, -0.1) is 0 Å². The van der Waals surface area contributed by atoms with Crippen molar-refractivity contribution in [2.75, 3.05) is 6.61 Å². The predicted octanol–water partition coefficient (Wildman–Crippen LogP) is 5.85. The molecule has 0 unspecified atom stereocenters. The van der Waals surface area contributed by atoms with E-state index in [4.69, 9.17) is 9.47 Å². The van der Waals surface area contributed by atoms with Gasteiger partial charge in [-0.05, 0) is 54.5 Å². The molecule has 0 aliphatic heterocycles. The minimum Gasteiger partial charge on any atom is -0.463 e. The normalized spacial score (nSPS) is 11.5. The van der Waals surface area contributed by atoms with Gasteiger partial charge in [0, 0.05) is 6.08 Å². The number of hydrogen-bond acceptors (Lipinski definition) is 3. The molecule has 0 heterocycles. The number of unbranched alkanes of at least 4 members (excludes halogenated alkanes) is 1. The Morgan fingerprint density at radius 3 is 2.12 bits per heavy atom. The highest BCUT2D eigenvalue weighted by Crippen LogP contribution is 2.31. The van der Waals surface area contributed by atoms with Crippen LogP contribution >= 0.6 is 0 Å². The highest BCUT2D eigenvalue weighted by molar-refractivity contribution is 5.87. The van der Waals surface area contributed by atoms with Crippen molar-refractivity contribution >= 4 is 12.0 Å². The number of rotatable bonds is 7. The summed E-state index contributed by atoms with van der Waals surface area (Å²) < 4.78 is 48.1. The maximum Gasteiger partial charge on any atom is 0.416 e. The topological polar surface area (TPSA) is 35.5 Å². The van der Waals surface area contributed by atoms with Crippen LogP contribution in [-0.4, -0.2) is 12.6 Å². The molecule has 0 radical (unpaired) electrons. The van der Waals surface area contributed by atoms with Crippen LogP contribution in [0.4, 0.5) is 13.2 Å². The molecule has 0 bridgehead atoms. The Morgan fingerprint density at radius 1 is 1.00 bits per heavy atom. The van der Waals surface area contributed by atoms with E-state index in [9.17, 15) is 18.0 Å². The van der Waals surface area contributed by atoms with Crippen molar-refractivity contribution in [3.63, 3.8) is 0 Å². The van der Waals surface area contributed by atoms with Crippen molar-refractivity contribution in [1.82, 2.24) is 0 Å². The first-order valence-corrected chi connectivity index (χ1v) is 8.18. The fourth-order valence-corrected chi connectivity index (χ4v) is 2.02. The lowest BCUT2D eigenvalue weighted by Gasteiger charge is -2.09. The molecule has 2 aromatic rings. The maximum atomic E-state index is 12.5. The fourth-order valence-electron chi connectivity index (χ4n) is 2.02. The van der Waals surface area contributed by atoms with Crippen LogP contribution in [0.15, 0.2) is 54.6 Å². The Bertz CT molecular complexity index is 732. The number of hydrogen-bond donors (Lipinski definition) is 0. The van der Waals surface area contributed by atoms with Crippen molar-refractivity contribution in [3.8, 4) is 11.5 Å². The minimum atomic E-state index is -4.37. The molecule has 26 heavy (non-hydrogen) atoms. The average Bonchev–Trinajstić information content (AvgIpc) is 2.61. The lowest BCUT2D eigenvalue weighted by Crippen LogP contribution is -2.03. The summed E-state index contributed by atoms with van der Waals surface area (Å²) in [5.41, 5.74) is 0.0494. The molecule has 6 heteroatoms. The van der Waals surface area contributed by atoms with Crippen LogP contribution in [0, 0.1) is 0 Å². The second kappa shape index (κ2) is 9.08. The molecular formula is C20H19F3O3. The standard InChI is InChI=1S/C20H19F3O3/c1-2-3-14-25-19(24)13-6-15-4-9-17(10-5-15)26-18-11-7-16(8-12-18)20(21,22)23/h4-13H,2-3,14H2,1H3/b13-6+. The first kappa shape index (κ1) is 19.6. The fraction of sp³-hybridized carbons (Fsp3) is 0.250. The zero-order valence-corrected chi connectivity index (χ0v) is 14.3.